The standard InChI is InChI=1S/C41H47N3O6/c1-27(2)20-33(40(48)43-35(22-34(25-42)28(3)45)21-32-15-8-10-19-38(32)46)24-39(47)37(44-41(49)50-26-29-12-5-4-6-13-29)23-31-17-11-16-30-14-7-9-18-36(30)31/h4-7,9,11-14,16-18,22,27,32-33,35,37H,8,10,15,19-21,23-24,26H2,1-3H3,(H,43,48)(H,44,49)/b34-22+/t32-,33+,35-,37-/m0/s1. The number of nitrogens with one attached hydrogen (secondary N) is 2. The Labute approximate surface area is 294 Å². The molecule has 2 amide bonds. The number of carbonyl (C=O) groups is 5. The predicted octanol–water partition coefficient (Wildman–Crippen LogP) is 6.97. The minimum atomic E-state index is -0.981. The molecule has 3 aromatic rings. The van der Waals surface area contributed by atoms with Crippen LogP contribution in [0.5, 0.6) is 0 Å². The summed E-state index contributed by atoms with van der Waals surface area (Å²) in [6.45, 7) is 5.23. The summed E-state index contributed by atoms with van der Waals surface area (Å²) in [5, 5.41) is 17.3. The SMILES string of the molecule is CC(=O)/C(C#N)=C/[C@H](C[C@@H]1CCCCC1=O)NC(=O)[C@@H](CC(=O)[C@H](Cc1cccc2ccccc12)NC(=O)OCc1ccccc1)CC(C)C. The molecule has 9 nitrogen and oxygen atoms in total. The fraction of sp³-hybridized carbons (Fsp3) is 0.415. The lowest BCUT2D eigenvalue weighted by atomic mass is 9.83. The third-order valence-corrected chi connectivity index (χ3v) is 9.19. The molecule has 9 heteroatoms. The highest BCUT2D eigenvalue weighted by atomic mass is 16.5. The van der Waals surface area contributed by atoms with Crippen molar-refractivity contribution in [1.29, 1.82) is 5.26 Å². The van der Waals surface area contributed by atoms with Gasteiger partial charge in [-0.25, -0.2) is 4.79 Å². The average molecular weight is 678 g/mol. The number of benzene rings is 3. The number of nitrogens with zero attached hydrogens (tertiary/aromatic N) is 1. The first-order valence-electron chi connectivity index (χ1n) is 17.5. The zero-order valence-corrected chi connectivity index (χ0v) is 29.2. The van der Waals surface area contributed by atoms with Crippen LogP contribution in [-0.2, 0) is 36.9 Å². The first-order chi connectivity index (χ1) is 24.0. The van der Waals surface area contributed by atoms with E-state index in [1.807, 2.05) is 92.7 Å². The smallest absolute Gasteiger partial charge is 0.408 e. The Hall–Kier alpha value is -5.10. The topological polar surface area (TPSA) is 142 Å². The molecule has 0 spiro atoms. The van der Waals surface area contributed by atoms with E-state index in [0.29, 0.717) is 19.3 Å². The maximum atomic E-state index is 14.2. The van der Waals surface area contributed by atoms with E-state index in [1.54, 1.807) is 0 Å². The fourth-order valence-electron chi connectivity index (χ4n) is 6.59. The van der Waals surface area contributed by atoms with E-state index in [9.17, 15) is 29.2 Å². The van der Waals surface area contributed by atoms with Crippen molar-refractivity contribution in [3.05, 3.63) is 95.6 Å². The summed E-state index contributed by atoms with van der Waals surface area (Å²) >= 11 is 0. The molecule has 1 saturated carbocycles. The van der Waals surface area contributed by atoms with Gasteiger partial charge in [0.25, 0.3) is 0 Å². The second-order valence-corrected chi connectivity index (χ2v) is 13.6. The van der Waals surface area contributed by atoms with E-state index in [2.05, 4.69) is 10.6 Å². The number of alkyl carbamates (subject to hydrolysis) is 1. The van der Waals surface area contributed by atoms with Gasteiger partial charge in [0.05, 0.1) is 11.6 Å². The lowest BCUT2D eigenvalue weighted by Gasteiger charge is -2.27. The first kappa shape index (κ1) is 37.7. The van der Waals surface area contributed by atoms with Gasteiger partial charge in [0.2, 0.25) is 5.91 Å². The molecular formula is C41H47N3O6. The zero-order chi connectivity index (χ0) is 36.0. The average Bonchev–Trinajstić information content (AvgIpc) is 3.10. The maximum Gasteiger partial charge on any atom is 0.408 e. The van der Waals surface area contributed by atoms with Gasteiger partial charge in [0, 0.05) is 37.1 Å². The number of amides is 2. The van der Waals surface area contributed by atoms with Gasteiger partial charge in [-0.1, -0.05) is 93.1 Å². The highest BCUT2D eigenvalue weighted by Gasteiger charge is 2.32. The number of rotatable bonds is 16. The van der Waals surface area contributed by atoms with Crippen LogP contribution in [-0.4, -0.2) is 41.4 Å². The molecule has 0 aliphatic heterocycles. The molecule has 0 aromatic heterocycles. The number of carbonyl (C=O) groups excluding carboxylic acids is 5. The first-order valence-corrected chi connectivity index (χ1v) is 17.5. The second kappa shape index (κ2) is 18.6. The van der Waals surface area contributed by atoms with Crippen molar-refractivity contribution in [2.24, 2.45) is 17.8 Å². The van der Waals surface area contributed by atoms with Gasteiger partial charge < -0.3 is 15.4 Å². The number of hydrogen-bond acceptors (Lipinski definition) is 7. The van der Waals surface area contributed by atoms with E-state index in [0.717, 1.165) is 34.7 Å². The third kappa shape index (κ3) is 11.2. The Morgan fingerprint density at radius 1 is 0.960 bits per heavy atom. The summed E-state index contributed by atoms with van der Waals surface area (Å²) in [5.74, 6) is -2.06. The van der Waals surface area contributed by atoms with Crippen molar-refractivity contribution in [1.82, 2.24) is 10.6 Å². The molecule has 4 atom stereocenters. The van der Waals surface area contributed by atoms with Crippen molar-refractivity contribution in [2.75, 3.05) is 0 Å². The van der Waals surface area contributed by atoms with Crippen molar-refractivity contribution < 1.29 is 28.7 Å². The summed E-state index contributed by atoms with van der Waals surface area (Å²) < 4.78 is 5.48. The molecule has 1 aliphatic rings. The van der Waals surface area contributed by atoms with Crippen molar-refractivity contribution in [3.63, 3.8) is 0 Å². The molecule has 4 rings (SSSR count). The van der Waals surface area contributed by atoms with E-state index in [4.69, 9.17) is 4.74 Å². The summed E-state index contributed by atoms with van der Waals surface area (Å²) in [6, 6.07) is 23.0. The molecule has 3 aromatic carbocycles. The summed E-state index contributed by atoms with van der Waals surface area (Å²) in [6.07, 6.45) is 4.24. The molecule has 0 heterocycles. The second-order valence-electron chi connectivity index (χ2n) is 13.6. The van der Waals surface area contributed by atoms with E-state index in [1.165, 1.54) is 13.0 Å². The van der Waals surface area contributed by atoms with Crippen LogP contribution in [0.15, 0.2) is 84.4 Å². The lowest BCUT2D eigenvalue weighted by molar-refractivity contribution is -0.131. The molecule has 1 fully saturated rings. The van der Waals surface area contributed by atoms with Crippen LogP contribution in [0.2, 0.25) is 0 Å². The third-order valence-electron chi connectivity index (χ3n) is 9.19. The lowest BCUT2D eigenvalue weighted by Crippen LogP contribution is -2.46. The summed E-state index contributed by atoms with van der Waals surface area (Å²) in [5.41, 5.74) is 1.57. The van der Waals surface area contributed by atoms with E-state index < -0.39 is 35.8 Å². The molecule has 1 aliphatic carbocycles. The van der Waals surface area contributed by atoms with Crippen molar-refractivity contribution in [3.8, 4) is 6.07 Å². The van der Waals surface area contributed by atoms with E-state index in [-0.39, 0.29) is 54.8 Å². The van der Waals surface area contributed by atoms with Crippen LogP contribution in [0.25, 0.3) is 10.8 Å². The molecule has 50 heavy (non-hydrogen) atoms. The van der Waals surface area contributed by atoms with Crippen LogP contribution in [0, 0.1) is 29.1 Å². The molecule has 0 saturated heterocycles. The Balaban J connectivity index is 1.57. The maximum absolute atomic E-state index is 14.2. The Bertz CT molecular complexity index is 1740. The van der Waals surface area contributed by atoms with Crippen molar-refractivity contribution in [2.45, 2.75) is 90.8 Å². The van der Waals surface area contributed by atoms with Gasteiger partial charge in [-0.2, -0.15) is 5.26 Å². The predicted molar refractivity (Wildman–Crippen MR) is 192 cm³/mol. The molecule has 0 radical (unpaired) electrons. The van der Waals surface area contributed by atoms with Gasteiger partial charge in [-0.15, -0.1) is 0 Å². The summed E-state index contributed by atoms with van der Waals surface area (Å²) in [4.78, 5) is 66.0. The minimum Gasteiger partial charge on any atom is -0.445 e. The molecular weight excluding hydrogens is 630 g/mol. The molecule has 262 valence electrons. The van der Waals surface area contributed by atoms with Gasteiger partial charge in [-0.05, 0) is 66.5 Å². The number of nitriles is 1. The van der Waals surface area contributed by atoms with Gasteiger partial charge in [0.1, 0.15) is 18.5 Å². The normalized spacial score (nSPS) is 16.6. The monoisotopic (exact) mass is 677 g/mol. The number of ether oxygens (including phenoxy) is 1. The summed E-state index contributed by atoms with van der Waals surface area (Å²) in [7, 11) is 0. The molecule has 0 unspecified atom stereocenters. The highest BCUT2D eigenvalue weighted by molar-refractivity contribution is 5.97. The number of Topliss-reactive ketones (excluding diaryl/α,β-unsaturated/α-hetero) is 3. The van der Waals surface area contributed by atoms with Gasteiger partial charge in [0.15, 0.2) is 11.6 Å². The Kier molecular flexibility index (Phi) is 14.0. The van der Waals surface area contributed by atoms with Crippen LogP contribution < -0.4 is 10.6 Å². The Morgan fingerprint density at radius 2 is 1.68 bits per heavy atom. The van der Waals surface area contributed by atoms with Crippen molar-refractivity contribution >= 4 is 40.1 Å². The van der Waals surface area contributed by atoms with Crippen LogP contribution in [0.1, 0.15) is 76.8 Å². The molecule has 2 N–H and O–H groups in total. The van der Waals surface area contributed by atoms with Gasteiger partial charge in [-0.3, -0.25) is 19.2 Å². The Morgan fingerprint density at radius 3 is 2.38 bits per heavy atom. The van der Waals surface area contributed by atoms with E-state index >= 15 is 0 Å². The zero-order valence-electron chi connectivity index (χ0n) is 29.2. The fourth-order valence-corrected chi connectivity index (χ4v) is 6.59. The van der Waals surface area contributed by atoms with Crippen LogP contribution >= 0.6 is 0 Å². The number of ketones is 3. The quantitative estimate of drug-likeness (QED) is 0.123. The van der Waals surface area contributed by atoms with Crippen LogP contribution in [0.4, 0.5) is 4.79 Å². The number of hydrogen-bond donors (Lipinski definition) is 2. The van der Waals surface area contributed by atoms with Gasteiger partial charge >= 0.3 is 6.09 Å². The number of fused-ring (bicyclic) bond motifs is 1. The van der Waals surface area contributed by atoms with Crippen LogP contribution in [0.3, 0.4) is 0 Å². The number of allylic oxidation sites excluding steroid dienone is 1. The minimum absolute atomic E-state index is 0.0313. The largest absolute Gasteiger partial charge is 0.445 e. The molecule has 0 bridgehead atoms. The highest BCUT2D eigenvalue weighted by Crippen LogP contribution is 2.27.